The molecule has 0 fully saturated rings. The maximum atomic E-state index is 13.2. The fourth-order valence-electron chi connectivity index (χ4n) is 1.13. The lowest BCUT2D eigenvalue weighted by Crippen LogP contribution is -2.15. The molecule has 0 saturated carbocycles. The van der Waals surface area contributed by atoms with Crippen molar-refractivity contribution in [1.82, 2.24) is 9.97 Å². The number of hydrogen-bond acceptors (Lipinski definition) is 3. The second kappa shape index (κ2) is 4.63. The molecule has 0 aliphatic rings. The third-order valence-corrected chi connectivity index (χ3v) is 1.80. The van der Waals surface area contributed by atoms with Crippen LogP contribution in [-0.4, -0.2) is 17.1 Å². The minimum Gasteiger partial charge on any atom is -0.479 e. The van der Waals surface area contributed by atoms with Gasteiger partial charge >= 0.3 is 6.18 Å². The molecule has 0 aliphatic heterocycles. The first-order valence-electron chi connectivity index (χ1n) is 4.57. The van der Waals surface area contributed by atoms with E-state index >= 15 is 0 Å². The van der Waals surface area contributed by atoms with Crippen LogP contribution in [0.5, 0.6) is 5.88 Å². The third kappa shape index (κ3) is 2.59. The average Bonchev–Trinajstić information content (AvgIpc) is 2.19. The third-order valence-electron chi connectivity index (χ3n) is 1.80. The molecule has 0 N–H and O–H groups in total. The monoisotopic (exact) mass is 238 g/mol. The summed E-state index contributed by atoms with van der Waals surface area (Å²) in [7, 11) is 1.06. The lowest BCUT2D eigenvalue weighted by atomic mass is 10.3. The van der Waals surface area contributed by atoms with Gasteiger partial charge in [-0.1, -0.05) is 6.92 Å². The summed E-state index contributed by atoms with van der Waals surface area (Å²) in [6.07, 6.45) is -4.05. The number of nitrogens with zero attached hydrogens (tertiary/aromatic N) is 2. The van der Waals surface area contributed by atoms with Crippen LogP contribution >= 0.6 is 0 Å². The summed E-state index contributed by atoms with van der Waals surface area (Å²) in [5, 5.41) is 0. The van der Waals surface area contributed by atoms with Gasteiger partial charge in [0.2, 0.25) is 5.82 Å². The minimum absolute atomic E-state index is 0.0759. The van der Waals surface area contributed by atoms with Gasteiger partial charge in [0.1, 0.15) is 5.82 Å². The van der Waals surface area contributed by atoms with Gasteiger partial charge in [0, 0.05) is 6.42 Å². The van der Waals surface area contributed by atoms with E-state index in [2.05, 4.69) is 14.7 Å². The molecule has 0 aromatic carbocycles. The maximum Gasteiger partial charge on any atom is 0.436 e. The number of aryl methyl sites for hydroxylation is 1. The molecule has 0 radical (unpaired) electrons. The molecule has 1 aromatic heterocycles. The highest BCUT2D eigenvalue weighted by Gasteiger charge is 2.38. The highest BCUT2D eigenvalue weighted by atomic mass is 19.4. The summed E-state index contributed by atoms with van der Waals surface area (Å²) in [6.45, 7) is 1.76. The second-order valence-electron chi connectivity index (χ2n) is 3.06. The molecule has 1 rings (SSSR count). The molecule has 1 aromatic rings. The van der Waals surface area contributed by atoms with Crippen LogP contribution in [0, 0.1) is 5.82 Å². The van der Waals surface area contributed by atoms with Crippen molar-refractivity contribution in [1.29, 1.82) is 0 Å². The summed E-state index contributed by atoms with van der Waals surface area (Å²) in [6, 6.07) is 0. The van der Waals surface area contributed by atoms with Gasteiger partial charge in [0.25, 0.3) is 5.88 Å². The zero-order valence-corrected chi connectivity index (χ0v) is 8.73. The Bertz CT molecular complexity index is 379. The van der Waals surface area contributed by atoms with Gasteiger partial charge in [-0.15, -0.1) is 0 Å². The number of alkyl halides is 3. The molecule has 3 nitrogen and oxygen atoms in total. The van der Waals surface area contributed by atoms with Crippen LogP contribution in [-0.2, 0) is 12.6 Å². The Morgan fingerprint density at radius 1 is 1.25 bits per heavy atom. The smallest absolute Gasteiger partial charge is 0.436 e. The van der Waals surface area contributed by atoms with Gasteiger partial charge in [0.15, 0.2) is 5.69 Å². The molecule has 7 heteroatoms. The van der Waals surface area contributed by atoms with Gasteiger partial charge in [-0.25, -0.2) is 4.98 Å². The van der Waals surface area contributed by atoms with Crippen molar-refractivity contribution in [2.45, 2.75) is 25.9 Å². The van der Waals surface area contributed by atoms with Crippen molar-refractivity contribution in [2.24, 2.45) is 0 Å². The van der Waals surface area contributed by atoms with E-state index < -0.39 is 23.6 Å². The average molecular weight is 238 g/mol. The molecule has 0 atom stereocenters. The molecule has 0 bridgehead atoms. The van der Waals surface area contributed by atoms with Crippen LogP contribution in [0.3, 0.4) is 0 Å². The fourth-order valence-corrected chi connectivity index (χ4v) is 1.13. The van der Waals surface area contributed by atoms with Crippen molar-refractivity contribution >= 4 is 0 Å². The van der Waals surface area contributed by atoms with Crippen molar-refractivity contribution < 1.29 is 22.3 Å². The highest BCUT2D eigenvalue weighted by Crippen LogP contribution is 2.32. The Kier molecular flexibility index (Phi) is 3.66. The van der Waals surface area contributed by atoms with Gasteiger partial charge in [0.05, 0.1) is 7.11 Å². The van der Waals surface area contributed by atoms with Gasteiger partial charge < -0.3 is 4.74 Å². The van der Waals surface area contributed by atoms with Gasteiger partial charge in [-0.3, -0.25) is 0 Å². The van der Waals surface area contributed by atoms with E-state index in [0.717, 1.165) is 7.11 Å². The highest BCUT2D eigenvalue weighted by molar-refractivity contribution is 5.21. The van der Waals surface area contributed by atoms with Crippen LogP contribution in [0.1, 0.15) is 24.9 Å². The van der Waals surface area contributed by atoms with E-state index in [1.807, 2.05) is 0 Å². The van der Waals surface area contributed by atoms with Gasteiger partial charge in [-0.2, -0.15) is 22.5 Å². The number of methoxy groups -OCH3 is 1. The van der Waals surface area contributed by atoms with Crippen LogP contribution < -0.4 is 4.74 Å². The maximum absolute atomic E-state index is 13.2. The minimum atomic E-state index is -4.84. The summed E-state index contributed by atoms with van der Waals surface area (Å²) < 4.78 is 54.9. The van der Waals surface area contributed by atoms with Crippen molar-refractivity contribution in [3.8, 4) is 5.88 Å². The number of aromatic nitrogens is 2. The molecule has 1 heterocycles. The first-order chi connectivity index (χ1) is 7.40. The molecule has 0 aliphatic carbocycles. The Balaban J connectivity index is 3.30. The summed E-state index contributed by atoms with van der Waals surface area (Å²) in [5.41, 5.74) is -1.58. The summed E-state index contributed by atoms with van der Waals surface area (Å²) in [5.74, 6) is -2.33. The van der Waals surface area contributed by atoms with Crippen molar-refractivity contribution in [3.05, 3.63) is 17.3 Å². The number of hydrogen-bond donors (Lipinski definition) is 0. The van der Waals surface area contributed by atoms with E-state index in [1.54, 1.807) is 6.92 Å². The lowest BCUT2D eigenvalue weighted by Gasteiger charge is -2.10. The number of halogens is 4. The Labute approximate surface area is 89.5 Å². The Hall–Kier alpha value is -1.40. The normalized spacial score (nSPS) is 11.6. The largest absolute Gasteiger partial charge is 0.479 e. The van der Waals surface area contributed by atoms with E-state index in [0.29, 0.717) is 6.42 Å². The zero-order chi connectivity index (χ0) is 12.3. The lowest BCUT2D eigenvalue weighted by molar-refractivity contribution is -0.144. The molecule has 0 unspecified atom stereocenters. The van der Waals surface area contributed by atoms with E-state index in [4.69, 9.17) is 0 Å². The quantitative estimate of drug-likeness (QED) is 0.759. The van der Waals surface area contributed by atoms with Crippen LogP contribution in [0.15, 0.2) is 0 Å². The standard InChI is InChI=1S/C9H10F4N2O/c1-3-4-5-14-7(9(11,12)13)6(10)8(15-5)16-2/h3-4H2,1-2H3. The Morgan fingerprint density at radius 3 is 2.31 bits per heavy atom. The SMILES string of the molecule is CCCc1nc(OC)c(F)c(C(F)(F)F)n1. The van der Waals surface area contributed by atoms with E-state index in [9.17, 15) is 17.6 Å². The number of ether oxygens (including phenoxy) is 1. The molecule has 0 saturated heterocycles. The van der Waals surface area contributed by atoms with E-state index in [1.165, 1.54) is 0 Å². The van der Waals surface area contributed by atoms with E-state index in [-0.39, 0.29) is 12.2 Å². The van der Waals surface area contributed by atoms with Crippen LogP contribution in [0.2, 0.25) is 0 Å². The molecule has 90 valence electrons. The van der Waals surface area contributed by atoms with Crippen LogP contribution in [0.25, 0.3) is 0 Å². The fraction of sp³-hybridized carbons (Fsp3) is 0.556. The zero-order valence-electron chi connectivity index (χ0n) is 8.73. The predicted octanol–water partition coefficient (Wildman–Crippen LogP) is 2.60. The molecular weight excluding hydrogens is 228 g/mol. The first-order valence-corrected chi connectivity index (χ1v) is 4.57. The van der Waals surface area contributed by atoms with Crippen molar-refractivity contribution in [2.75, 3.05) is 7.11 Å². The number of rotatable bonds is 3. The summed E-state index contributed by atoms with van der Waals surface area (Å²) >= 11 is 0. The van der Waals surface area contributed by atoms with Crippen molar-refractivity contribution in [3.63, 3.8) is 0 Å². The van der Waals surface area contributed by atoms with Gasteiger partial charge in [-0.05, 0) is 6.42 Å². The molecule has 16 heavy (non-hydrogen) atoms. The molecule has 0 spiro atoms. The first kappa shape index (κ1) is 12.7. The topological polar surface area (TPSA) is 35.0 Å². The van der Waals surface area contributed by atoms with Crippen LogP contribution in [0.4, 0.5) is 17.6 Å². The molecular formula is C9H10F4N2O. The summed E-state index contributed by atoms with van der Waals surface area (Å²) in [4.78, 5) is 6.70. The molecule has 0 amide bonds. The second-order valence-corrected chi connectivity index (χ2v) is 3.06. The predicted molar refractivity (Wildman–Crippen MR) is 47.5 cm³/mol. The Morgan fingerprint density at radius 2 is 1.88 bits per heavy atom.